The van der Waals surface area contributed by atoms with Crippen molar-refractivity contribution in [3.63, 3.8) is 0 Å². The van der Waals surface area contributed by atoms with Crippen LogP contribution >= 0.6 is 0 Å². The van der Waals surface area contributed by atoms with Gasteiger partial charge in [-0.05, 0) is 76.0 Å². The molecule has 1 saturated heterocycles. The minimum Gasteiger partial charge on any atom is -0.479 e. The fourth-order valence-electron chi connectivity index (χ4n) is 6.78. The van der Waals surface area contributed by atoms with Crippen LogP contribution in [0.25, 0.3) is 22.3 Å². The summed E-state index contributed by atoms with van der Waals surface area (Å²) in [6.45, 7) is 17.4. The minimum atomic E-state index is -1.14. The summed E-state index contributed by atoms with van der Waals surface area (Å²) < 4.78 is 6.26. The molecule has 1 fully saturated rings. The number of aromatic amines is 1. The van der Waals surface area contributed by atoms with E-state index in [1.54, 1.807) is 6.33 Å². The van der Waals surface area contributed by atoms with E-state index in [-0.39, 0.29) is 5.41 Å². The van der Waals surface area contributed by atoms with Crippen molar-refractivity contribution in [2.45, 2.75) is 86.0 Å². The quantitative estimate of drug-likeness (QED) is 0.218. The van der Waals surface area contributed by atoms with Crippen LogP contribution in [-0.4, -0.2) is 68.3 Å². The van der Waals surface area contributed by atoms with Crippen molar-refractivity contribution >= 4 is 34.6 Å². The number of nitrogens with zero attached hydrogens (tertiary/aromatic N) is 6. The number of ether oxygens (including phenoxy) is 1. The predicted octanol–water partition coefficient (Wildman–Crippen LogP) is 6.20. The average molecular weight is 627 g/mol. The zero-order chi connectivity index (χ0) is 33.0. The Morgan fingerprint density at radius 2 is 1.78 bits per heavy atom. The lowest BCUT2D eigenvalue weighted by Gasteiger charge is -2.41. The normalized spacial score (nSPS) is 17.2. The topological polar surface area (TPSA) is 132 Å². The summed E-state index contributed by atoms with van der Waals surface area (Å²) in [6.07, 6.45) is 3.36. The molecule has 0 spiro atoms. The molecule has 1 aromatic carbocycles. The summed E-state index contributed by atoms with van der Waals surface area (Å²) >= 11 is 0. The number of benzene rings is 1. The first-order chi connectivity index (χ1) is 21.7. The molecule has 0 amide bonds. The van der Waals surface area contributed by atoms with Gasteiger partial charge in [0.25, 0.3) is 0 Å². The lowest BCUT2D eigenvalue weighted by Crippen LogP contribution is -2.39. The summed E-state index contributed by atoms with van der Waals surface area (Å²) in [5.74, 6) is 0.367. The molecular formula is C35H46N8O3. The van der Waals surface area contributed by atoms with Crippen molar-refractivity contribution in [1.82, 2.24) is 24.9 Å². The number of anilines is 3. The molecule has 0 unspecified atom stereocenters. The number of fused-ring (bicyclic) bond motifs is 2. The number of nitrogens with one attached hydrogen (secondary N) is 2. The van der Waals surface area contributed by atoms with E-state index in [9.17, 15) is 9.90 Å². The number of aromatic nitrogens is 5. The van der Waals surface area contributed by atoms with Gasteiger partial charge < -0.3 is 29.9 Å². The second-order valence-corrected chi connectivity index (χ2v) is 14.4. The van der Waals surface area contributed by atoms with E-state index in [1.807, 2.05) is 41.7 Å². The Labute approximate surface area is 270 Å². The van der Waals surface area contributed by atoms with Gasteiger partial charge in [-0.25, -0.2) is 9.78 Å². The highest BCUT2D eigenvalue weighted by molar-refractivity contribution is 5.88. The Hall–Kier alpha value is -4.25. The van der Waals surface area contributed by atoms with Crippen LogP contribution in [0.1, 0.15) is 81.6 Å². The summed E-state index contributed by atoms with van der Waals surface area (Å²) in [5, 5.41) is 13.7. The number of pyridine rings is 1. The molecule has 0 radical (unpaired) electrons. The molecule has 0 bridgehead atoms. The molecule has 2 aliphatic rings. The average Bonchev–Trinajstić information content (AvgIpc) is 3.47. The maximum atomic E-state index is 12.8. The number of carboxylic acid groups (broad SMARTS) is 1. The number of carboxylic acids is 1. The van der Waals surface area contributed by atoms with Crippen molar-refractivity contribution in [2.24, 2.45) is 5.41 Å². The summed E-state index contributed by atoms with van der Waals surface area (Å²) in [6, 6.07) is 6.61. The van der Waals surface area contributed by atoms with Gasteiger partial charge in [0.1, 0.15) is 5.52 Å². The van der Waals surface area contributed by atoms with Crippen LogP contribution in [0.15, 0.2) is 24.5 Å². The third-order valence-corrected chi connectivity index (χ3v) is 9.27. The van der Waals surface area contributed by atoms with Crippen molar-refractivity contribution in [1.29, 1.82) is 0 Å². The van der Waals surface area contributed by atoms with E-state index in [0.29, 0.717) is 29.4 Å². The van der Waals surface area contributed by atoms with E-state index in [2.05, 4.69) is 57.1 Å². The molecule has 2 aliphatic heterocycles. The molecule has 46 heavy (non-hydrogen) atoms. The lowest BCUT2D eigenvalue weighted by molar-refractivity contribution is -0.160. The van der Waals surface area contributed by atoms with E-state index in [4.69, 9.17) is 19.7 Å². The number of carbonyl (C=O) groups is 1. The van der Waals surface area contributed by atoms with E-state index in [1.165, 1.54) is 11.1 Å². The number of aryl methyl sites for hydroxylation is 2. The van der Waals surface area contributed by atoms with Crippen LogP contribution in [-0.2, 0) is 22.5 Å². The van der Waals surface area contributed by atoms with Crippen LogP contribution in [0.3, 0.4) is 0 Å². The van der Waals surface area contributed by atoms with Gasteiger partial charge in [0.2, 0.25) is 5.95 Å². The van der Waals surface area contributed by atoms with Crippen molar-refractivity contribution < 1.29 is 14.6 Å². The number of hydrogen-bond donors (Lipinski definition) is 3. The fourth-order valence-corrected chi connectivity index (χ4v) is 6.78. The molecule has 3 aromatic heterocycles. The van der Waals surface area contributed by atoms with E-state index < -0.39 is 17.7 Å². The molecular weight excluding hydrogens is 580 g/mol. The molecule has 11 nitrogen and oxygen atoms in total. The lowest BCUT2D eigenvalue weighted by atomic mass is 9.81. The highest BCUT2D eigenvalue weighted by Crippen LogP contribution is 2.45. The standard InChI is InChI=1S/C35H46N8O3/c1-20-25(28(42-15-12-35(6,7)13-16-42)26(21(2)39-20)29(32(44)45)46-34(3,4)5)23-9-10-24-18-43(14-11-22(24)17-23)33-40-30(36-8)27-31(41-33)38-19-37-27/h9-10,17,19,29H,11-16,18H2,1-8H3,(H,44,45)(H2,36,37,38,40,41)/t29-/m0/s1. The van der Waals surface area contributed by atoms with E-state index in [0.717, 1.165) is 72.7 Å². The highest BCUT2D eigenvalue weighted by atomic mass is 16.5. The fraction of sp³-hybridized carbons (Fsp3) is 0.514. The molecule has 5 heterocycles. The highest BCUT2D eigenvalue weighted by Gasteiger charge is 2.36. The molecule has 244 valence electrons. The van der Waals surface area contributed by atoms with Gasteiger partial charge >= 0.3 is 5.97 Å². The Morgan fingerprint density at radius 3 is 2.46 bits per heavy atom. The first kappa shape index (κ1) is 31.7. The Balaban J connectivity index is 1.42. The number of H-pyrrole nitrogens is 1. The van der Waals surface area contributed by atoms with Gasteiger partial charge in [-0.3, -0.25) is 4.98 Å². The molecule has 11 heteroatoms. The zero-order valence-corrected chi connectivity index (χ0v) is 28.3. The Morgan fingerprint density at radius 1 is 1.04 bits per heavy atom. The Bertz CT molecular complexity index is 1780. The minimum absolute atomic E-state index is 0.235. The van der Waals surface area contributed by atoms with Gasteiger partial charge in [0.05, 0.1) is 17.6 Å². The molecule has 1 atom stereocenters. The molecule has 4 aromatic rings. The van der Waals surface area contributed by atoms with Gasteiger partial charge in [0, 0.05) is 55.7 Å². The third kappa shape index (κ3) is 6.12. The number of imidazole rings is 1. The maximum absolute atomic E-state index is 12.8. The Kier molecular flexibility index (Phi) is 8.16. The maximum Gasteiger partial charge on any atom is 0.337 e. The van der Waals surface area contributed by atoms with Gasteiger partial charge in [-0.1, -0.05) is 32.0 Å². The first-order valence-corrected chi connectivity index (χ1v) is 16.2. The van der Waals surface area contributed by atoms with Crippen LogP contribution in [0, 0.1) is 19.3 Å². The number of piperidine rings is 1. The second-order valence-electron chi connectivity index (χ2n) is 14.4. The van der Waals surface area contributed by atoms with Crippen molar-refractivity contribution in [3.8, 4) is 11.1 Å². The van der Waals surface area contributed by atoms with Gasteiger partial charge in [-0.2, -0.15) is 9.97 Å². The molecule has 0 saturated carbocycles. The third-order valence-electron chi connectivity index (χ3n) is 9.27. The summed E-state index contributed by atoms with van der Waals surface area (Å²) in [5.41, 5.74) is 8.69. The van der Waals surface area contributed by atoms with Crippen LogP contribution in [0.4, 0.5) is 17.5 Å². The number of aliphatic carboxylic acids is 1. The van der Waals surface area contributed by atoms with Crippen LogP contribution in [0.5, 0.6) is 0 Å². The monoisotopic (exact) mass is 626 g/mol. The van der Waals surface area contributed by atoms with Gasteiger partial charge in [-0.15, -0.1) is 0 Å². The molecule has 0 aliphatic carbocycles. The number of rotatable bonds is 7. The summed E-state index contributed by atoms with van der Waals surface area (Å²) in [4.78, 5) is 39.3. The smallest absolute Gasteiger partial charge is 0.337 e. The van der Waals surface area contributed by atoms with Crippen molar-refractivity contribution in [3.05, 3.63) is 52.6 Å². The molecule has 6 rings (SSSR count). The van der Waals surface area contributed by atoms with Crippen LogP contribution < -0.4 is 15.1 Å². The number of hydrogen-bond acceptors (Lipinski definition) is 9. The SMILES string of the molecule is CNc1nc(N2CCc3cc(-c4c(C)nc(C)c([C@H](OC(C)(C)C)C(=O)O)c4N4CCC(C)(C)CC4)ccc3C2)nc2nc[nH]c12. The zero-order valence-electron chi connectivity index (χ0n) is 28.3. The van der Waals surface area contributed by atoms with Crippen molar-refractivity contribution in [2.75, 3.05) is 41.8 Å². The molecule has 3 N–H and O–H groups in total. The van der Waals surface area contributed by atoms with Crippen LogP contribution in [0.2, 0.25) is 0 Å². The second kappa shape index (κ2) is 11.8. The summed E-state index contributed by atoms with van der Waals surface area (Å²) in [7, 11) is 1.85. The van der Waals surface area contributed by atoms with Gasteiger partial charge in [0.15, 0.2) is 17.6 Å². The van der Waals surface area contributed by atoms with E-state index >= 15 is 0 Å². The predicted molar refractivity (Wildman–Crippen MR) is 182 cm³/mol. The first-order valence-electron chi connectivity index (χ1n) is 16.2. The largest absolute Gasteiger partial charge is 0.479 e.